The van der Waals surface area contributed by atoms with Crippen molar-refractivity contribution in [2.75, 3.05) is 6.61 Å². The Hall–Kier alpha value is -1.68. The Morgan fingerprint density at radius 1 is 0.867 bits per heavy atom. The molecule has 0 heterocycles. The third kappa shape index (κ3) is 7.54. The fraction of sp³-hybridized carbons (Fsp3) is 0.655. The summed E-state index contributed by atoms with van der Waals surface area (Å²) in [5.74, 6) is 11.2. The normalized spacial score (nSPS) is 26.9. The number of hydrogen-bond acceptors (Lipinski definition) is 1. The summed E-state index contributed by atoms with van der Waals surface area (Å²) < 4.78 is 5.71. The highest BCUT2D eigenvalue weighted by Gasteiger charge is 2.29. The van der Waals surface area contributed by atoms with Crippen molar-refractivity contribution in [3.8, 4) is 17.6 Å². The Morgan fingerprint density at radius 2 is 1.53 bits per heavy atom. The summed E-state index contributed by atoms with van der Waals surface area (Å²) in [7, 11) is 0. The molecule has 0 atom stereocenters. The molecule has 0 amide bonds. The van der Waals surface area contributed by atoms with Crippen LogP contribution in [0.25, 0.3) is 0 Å². The van der Waals surface area contributed by atoms with Crippen LogP contribution in [0.15, 0.2) is 36.4 Å². The number of unbranched alkanes of at least 4 members (excludes halogenated alkanes) is 1. The zero-order valence-electron chi connectivity index (χ0n) is 19.4. The number of rotatable bonds is 8. The van der Waals surface area contributed by atoms with E-state index in [1.54, 1.807) is 0 Å². The summed E-state index contributed by atoms with van der Waals surface area (Å²) in [6.45, 7) is 5.32. The summed E-state index contributed by atoms with van der Waals surface area (Å²) >= 11 is 0. The van der Waals surface area contributed by atoms with Crippen LogP contribution in [0.3, 0.4) is 0 Å². The van der Waals surface area contributed by atoms with Crippen molar-refractivity contribution < 1.29 is 4.74 Å². The van der Waals surface area contributed by atoms with Gasteiger partial charge in [-0.2, -0.15) is 0 Å². The molecule has 0 unspecified atom stereocenters. The van der Waals surface area contributed by atoms with E-state index in [-0.39, 0.29) is 0 Å². The second-order valence-electron chi connectivity index (χ2n) is 9.60. The monoisotopic (exact) mass is 406 g/mol. The first-order valence-electron chi connectivity index (χ1n) is 12.7. The van der Waals surface area contributed by atoms with E-state index in [4.69, 9.17) is 4.74 Å². The highest BCUT2D eigenvalue weighted by molar-refractivity contribution is 5.40. The third-order valence-corrected chi connectivity index (χ3v) is 7.36. The Labute approximate surface area is 185 Å². The fourth-order valence-electron chi connectivity index (χ4n) is 5.44. The van der Waals surface area contributed by atoms with E-state index in [1.807, 2.05) is 12.1 Å². The number of allylic oxidation sites excluding steroid dienone is 2. The molecule has 164 valence electrons. The molecule has 2 aliphatic rings. The molecule has 0 bridgehead atoms. The van der Waals surface area contributed by atoms with Gasteiger partial charge in [0, 0.05) is 5.56 Å². The van der Waals surface area contributed by atoms with Gasteiger partial charge in [-0.3, -0.25) is 0 Å². The van der Waals surface area contributed by atoms with Gasteiger partial charge in [-0.05, 0) is 99.0 Å². The highest BCUT2D eigenvalue weighted by atomic mass is 16.5. The van der Waals surface area contributed by atoms with Crippen LogP contribution < -0.4 is 4.74 Å². The van der Waals surface area contributed by atoms with E-state index in [2.05, 4.69) is 50.0 Å². The Balaban J connectivity index is 1.36. The smallest absolute Gasteiger partial charge is 0.119 e. The van der Waals surface area contributed by atoms with Gasteiger partial charge in [0.15, 0.2) is 0 Å². The first-order valence-corrected chi connectivity index (χ1v) is 12.7. The van der Waals surface area contributed by atoms with Gasteiger partial charge >= 0.3 is 0 Å². The van der Waals surface area contributed by atoms with E-state index in [0.29, 0.717) is 0 Å². The van der Waals surface area contributed by atoms with Gasteiger partial charge in [0.1, 0.15) is 5.75 Å². The van der Waals surface area contributed by atoms with Crippen LogP contribution >= 0.6 is 0 Å². The second-order valence-corrected chi connectivity index (χ2v) is 9.60. The minimum atomic E-state index is 0.737. The summed E-state index contributed by atoms with van der Waals surface area (Å²) in [5, 5.41) is 0. The first-order chi connectivity index (χ1) is 14.8. The van der Waals surface area contributed by atoms with Gasteiger partial charge in [-0.25, -0.2) is 0 Å². The zero-order chi connectivity index (χ0) is 21.0. The minimum Gasteiger partial charge on any atom is -0.494 e. The molecular formula is C29H42O. The first kappa shape index (κ1) is 23.0. The minimum absolute atomic E-state index is 0.737. The molecule has 0 radical (unpaired) electrons. The largest absolute Gasteiger partial charge is 0.494 e. The topological polar surface area (TPSA) is 9.23 Å². The van der Waals surface area contributed by atoms with Gasteiger partial charge in [0.05, 0.1) is 6.61 Å². The predicted octanol–water partition coefficient (Wildman–Crippen LogP) is 8.19. The summed E-state index contributed by atoms with van der Waals surface area (Å²) in [5.41, 5.74) is 1.06. The maximum Gasteiger partial charge on any atom is 0.119 e. The predicted molar refractivity (Wildman–Crippen MR) is 129 cm³/mol. The Morgan fingerprint density at radius 3 is 2.17 bits per heavy atom. The molecule has 1 heteroatoms. The van der Waals surface area contributed by atoms with Crippen molar-refractivity contribution in [2.45, 2.75) is 90.9 Å². The molecule has 1 nitrogen and oxygen atoms in total. The van der Waals surface area contributed by atoms with Gasteiger partial charge in [0.2, 0.25) is 0 Å². The fourth-order valence-corrected chi connectivity index (χ4v) is 5.44. The maximum absolute atomic E-state index is 5.71. The van der Waals surface area contributed by atoms with Crippen LogP contribution in [0.2, 0.25) is 0 Å². The average Bonchev–Trinajstić information content (AvgIpc) is 2.79. The van der Waals surface area contributed by atoms with Crippen molar-refractivity contribution in [1.82, 2.24) is 0 Å². The molecule has 0 aromatic heterocycles. The van der Waals surface area contributed by atoms with Gasteiger partial charge in [-0.1, -0.05) is 63.9 Å². The summed E-state index contributed by atoms with van der Waals surface area (Å²) in [6, 6.07) is 8.17. The van der Waals surface area contributed by atoms with Crippen molar-refractivity contribution in [3.05, 3.63) is 42.0 Å². The molecule has 0 saturated heterocycles. The highest BCUT2D eigenvalue weighted by Crippen LogP contribution is 2.42. The Kier molecular flexibility index (Phi) is 9.88. The van der Waals surface area contributed by atoms with Gasteiger partial charge in [-0.15, -0.1) is 0 Å². The van der Waals surface area contributed by atoms with Crippen molar-refractivity contribution in [2.24, 2.45) is 23.7 Å². The number of ether oxygens (including phenoxy) is 1. The zero-order valence-corrected chi connectivity index (χ0v) is 19.4. The van der Waals surface area contributed by atoms with E-state index in [0.717, 1.165) is 54.4 Å². The summed E-state index contributed by atoms with van der Waals surface area (Å²) in [6.07, 6.45) is 21.2. The maximum atomic E-state index is 5.71. The lowest BCUT2D eigenvalue weighted by Gasteiger charge is -2.37. The molecule has 30 heavy (non-hydrogen) atoms. The quantitative estimate of drug-likeness (QED) is 0.312. The molecule has 2 fully saturated rings. The van der Waals surface area contributed by atoms with Crippen molar-refractivity contribution in [3.63, 3.8) is 0 Å². The van der Waals surface area contributed by atoms with Crippen molar-refractivity contribution >= 4 is 0 Å². The standard InChI is InChI=1S/C29H42O/c1-3-5-23-30-29-21-15-26(16-22-29)10-7-6-9-25-13-19-28(20-14-25)27-17-11-24(8-4-2)12-18-27/h6,9,15-16,21-22,24-25,27-28H,3-5,8,11-14,17-20,23H2,1-2H3/b9-6+/t24-,25?,27-,28?. The molecule has 0 spiro atoms. The van der Waals surface area contributed by atoms with Crippen LogP contribution in [0.5, 0.6) is 5.75 Å². The molecule has 3 rings (SSSR count). The van der Waals surface area contributed by atoms with E-state index >= 15 is 0 Å². The molecule has 1 aromatic rings. The van der Waals surface area contributed by atoms with E-state index in [9.17, 15) is 0 Å². The van der Waals surface area contributed by atoms with Gasteiger partial charge < -0.3 is 4.74 Å². The van der Waals surface area contributed by atoms with Crippen LogP contribution in [0.4, 0.5) is 0 Å². The average molecular weight is 407 g/mol. The molecule has 0 aliphatic heterocycles. The van der Waals surface area contributed by atoms with Crippen LogP contribution in [-0.4, -0.2) is 6.61 Å². The molecule has 2 saturated carbocycles. The molecular weight excluding hydrogens is 364 g/mol. The van der Waals surface area contributed by atoms with E-state index in [1.165, 1.54) is 64.2 Å². The number of benzene rings is 1. The van der Waals surface area contributed by atoms with E-state index < -0.39 is 0 Å². The summed E-state index contributed by atoms with van der Waals surface area (Å²) in [4.78, 5) is 0. The SMILES string of the molecule is CCCCOc1ccc(C#C/C=C/C2CCC([C@H]3CC[C@H](CCC)CC3)CC2)cc1. The Bertz CT molecular complexity index is 673. The molecule has 0 N–H and O–H groups in total. The second kappa shape index (κ2) is 12.9. The molecule has 1 aromatic carbocycles. The lowest BCUT2D eigenvalue weighted by molar-refractivity contribution is 0.152. The van der Waals surface area contributed by atoms with Gasteiger partial charge in [0.25, 0.3) is 0 Å². The van der Waals surface area contributed by atoms with Crippen LogP contribution in [0.1, 0.15) is 96.5 Å². The lowest BCUT2D eigenvalue weighted by Crippen LogP contribution is -2.25. The van der Waals surface area contributed by atoms with Crippen LogP contribution in [-0.2, 0) is 0 Å². The van der Waals surface area contributed by atoms with Crippen molar-refractivity contribution in [1.29, 1.82) is 0 Å². The van der Waals surface area contributed by atoms with Crippen LogP contribution in [0, 0.1) is 35.5 Å². The lowest BCUT2D eigenvalue weighted by atomic mass is 9.69. The third-order valence-electron chi connectivity index (χ3n) is 7.36. The number of hydrogen-bond donors (Lipinski definition) is 0. The molecule has 2 aliphatic carbocycles.